The van der Waals surface area contributed by atoms with Crippen molar-refractivity contribution in [1.82, 2.24) is 24.9 Å². The molecule has 1 saturated heterocycles. The summed E-state index contributed by atoms with van der Waals surface area (Å²) in [5.41, 5.74) is 4.08. The molecule has 0 radical (unpaired) electrons. The Balaban J connectivity index is 1.35. The largest absolute Gasteiger partial charge is 0.370 e. The second kappa shape index (κ2) is 9.41. The molecule has 0 bridgehead atoms. The van der Waals surface area contributed by atoms with Gasteiger partial charge in [0.1, 0.15) is 6.10 Å². The monoisotopic (exact) mass is 396 g/mol. The first-order valence-electron chi connectivity index (χ1n) is 10.7. The van der Waals surface area contributed by atoms with Crippen molar-refractivity contribution >= 4 is 5.96 Å². The molecule has 2 aromatic rings. The maximum absolute atomic E-state index is 5.98. The average Bonchev–Trinajstić information content (AvgIpc) is 3.19. The molecular weight excluding hydrogens is 364 g/mol. The van der Waals surface area contributed by atoms with Crippen molar-refractivity contribution in [2.45, 2.75) is 26.0 Å². The van der Waals surface area contributed by atoms with Gasteiger partial charge in [0.15, 0.2) is 5.96 Å². The molecular formula is C22H32N6O. The molecule has 1 unspecified atom stereocenters. The van der Waals surface area contributed by atoms with Crippen LogP contribution in [-0.4, -0.2) is 71.4 Å². The van der Waals surface area contributed by atoms with E-state index < -0.39 is 0 Å². The van der Waals surface area contributed by atoms with Gasteiger partial charge in [0.25, 0.3) is 0 Å². The molecule has 2 aliphatic heterocycles. The van der Waals surface area contributed by atoms with Crippen molar-refractivity contribution in [3.63, 3.8) is 0 Å². The van der Waals surface area contributed by atoms with Crippen molar-refractivity contribution in [1.29, 1.82) is 0 Å². The predicted octanol–water partition coefficient (Wildman–Crippen LogP) is 1.82. The lowest BCUT2D eigenvalue weighted by Crippen LogP contribution is -2.48. The molecule has 1 N–H and O–H groups in total. The summed E-state index contributed by atoms with van der Waals surface area (Å²) >= 11 is 0. The third kappa shape index (κ3) is 4.97. The molecule has 3 heterocycles. The number of hydrogen-bond acceptors (Lipinski definition) is 4. The summed E-state index contributed by atoms with van der Waals surface area (Å²) in [6, 6.07) is 8.79. The van der Waals surface area contributed by atoms with Gasteiger partial charge in [-0.25, -0.2) is 0 Å². The Labute approximate surface area is 173 Å². The van der Waals surface area contributed by atoms with Gasteiger partial charge in [-0.05, 0) is 24.5 Å². The third-order valence-electron chi connectivity index (χ3n) is 5.69. The Hall–Kier alpha value is -2.38. The topological polar surface area (TPSA) is 57.9 Å². The van der Waals surface area contributed by atoms with Crippen LogP contribution in [0.1, 0.15) is 29.7 Å². The van der Waals surface area contributed by atoms with Crippen LogP contribution in [0.5, 0.6) is 0 Å². The number of rotatable bonds is 5. The van der Waals surface area contributed by atoms with Crippen molar-refractivity contribution in [3.05, 3.63) is 53.3 Å². The van der Waals surface area contributed by atoms with E-state index in [1.54, 1.807) is 0 Å². The standard InChI is InChI=1S/C22H32N6O/c1-3-23-22(28-12-13-29-21(17-28)20-14-25-26(2)15-20)24-9-11-27-10-8-18-6-4-5-7-19(18)16-27/h4-7,14-15,21H,3,8-13,16-17H2,1-2H3,(H,23,24). The van der Waals surface area contributed by atoms with E-state index in [0.29, 0.717) is 6.61 Å². The SMILES string of the molecule is CCNC(=NCCN1CCc2ccccc2C1)N1CCOC(c2cnn(C)c2)C1. The normalized spacial score (nSPS) is 20.6. The van der Waals surface area contributed by atoms with E-state index >= 15 is 0 Å². The van der Waals surface area contributed by atoms with Crippen molar-refractivity contribution in [2.75, 3.05) is 45.9 Å². The summed E-state index contributed by atoms with van der Waals surface area (Å²) in [6.45, 7) is 9.29. The Kier molecular flexibility index (Phi) is 6.46. The van der Waals surface area contributed by atoms with Gasteiger partial charge in [-0.15, -0.1) is 0 Å². The van der Waals surface area contributed by atoms with Crippen LogP contribution >= 0.6 is 0 Å². The van der Waals surface area contributed by atoms with Crippen LogP contribution in [0.15, 0.2) is 41.7 Å². The molecule has 1 aromatic heterocycles. The molecule has 0 aliphatic carbocycles. The number of morpholine rings is 1. The highest BCUT2D eigenvalue weighted by molar-refractivity contribution is 5.80. The molecule has 0 saturated carbocycles. The van der Waals surface area contributed by atoms with Crippen LogP contribution in [0.3, 0.4) is 0 Å². The highest BCUT2D eigenvalue weighted by Gasteiger charge is 2.25. The summed E-state index contributed by atoms with van der Waals surface area (Å²) in [5.74, 6) is 0.988. The zero-order chi connectivity index (χ0) is 20.1. The number of benzene rings is 1. The summed E-state index contributed by atoms with van der Waals surface area (Å²) in [5, 5.41) is 7.75. The number of nitrogens with one attached hydrogen (secondary N) is 1. The maximum Gasteiger partial charge on any atom is 0.194 e. The Bertz CT molecular complexity index is 832. The minimum Gasteiger partial charge on any atom is -0.370 e. The molecule has 7 heteroatoms. The van der Waals surface area contributed by atoms with Crippen LogP contribution < -0.4 is 5.32 Å². The lowest BCUT2D eigenvalue weighted by molar-refractivity contribution is -0.00805. The molecule has 7 nitrogen and oxygen atoms in total. The van der Waals surface area contributed by atoms with Crippen molar-refractivity contribution in [3.8, 4) is 0 Å². The lowest BCUT2D eigenvalue weighted by atomic mass is 10.00. The van der Waals surface area contributed by atoms with Gasteiger partial charge in [0.05, 0.1) is 25.9 Å². The van der Waals surface area contributed by atoms with E-state index in [1.807, 2.05) is 24.1 Å². The average molecular weight is 397 g/mol. The first-order valence-corrected chi connectivity index (χ1v) is 10.7. The number of ether oxygens (including phenoxy) is 1. The number of aliphatic imine (C=N–C) groups is 1. The third-order valence-corrected chi connectivity index (χ3v) is 5.69. The molecule has 1 aromatic carbocycles. The van der Waals surface area contributed by atoms with E-state index in [2.05, 4.69) is 51.4 Å². The molecule has 1 atom stereocenters. The number of fused-ring (bicyclic) bond motifs is 1. The second-order valence-corrected chi connectivity index (χ2v) is 7.78. The fourth-order valence-corrected chi connectivity index (χ4v) is 4.12. The van der Waals surface area contributed by atoms with Gasteiger partial charge in [-0.2, -0.15) is 5.10 Å². The summed E-state index contributed by atoms with van der Waals surface area (Å²) in [4.78, 5) is 9.76. The number of aromatic nitrogens is 2. The summed E-state index contributed by atoms with van der Waals surface area (Å²) in [7, 11) is 1.94. The molecule has 1 fully saturated rings. The maximum atomic E-state index is 5.98. The van der Waals surface area contributed by atoms with Crippen LogP contribution in [0, 0.1) is 0 Å². The quantitative estimate of drug-likeness (QED) is 0.617. The number of nitrogens with zero attached hydrogens (tertiary/aromatic N) is 5. The molecule has 0 spiro atoms. The van der Waals surface area contributed by atoms with Gasteiger partial charge in [-0.3, -0.25) is 14.6 Å². The molecule has 2 aliphatic rings. The summed E-state index contributed by atoms with van der Waals surface area (Å²) in [6.07, 6.45) is 5.11. The van der Waals surface area contributed by atoms with Crippen LogP contribution in [0.2, 0.25) is 0 Å². The molecule has 29 heavy (non-hydrogen) atoms. The van der Waals surface area contributed by atoms with E-state index in [1.165, 1.54) is 11.1 Å². The van der Waals surface area contributed by atoms with Gasteiger partial charge in [0.2, 0.25) is 0 Å². The molecule has 156 valence electrons. The van der Waals surface area contributed by atoms with Gasteiger partial charge < -0.3 is 15.0 Å². The first-order chi connectivity index (χ1) is 14.2. The van der Waals surface area contributed by atoms with Crippen LogP contribution in [-0.2, 0) is 24.8 Å². The van der Waals surface area contributed by atoms with Crippen molar-refractivity contribution < 1.29 is 4.74 Å². The highest BCUT2D eigenvalue weighted by Crippen LogP contribution is 2.22. The minimum absolute atomic E-state index is 0.0416. The summed E-state index contributed by atoms with van der Waals surface area (Å²) < 4.78 is 7.81. The smallest absolute Gasteiger partial charge is 0.194 e. The zero-order valence-electron chi connectivity index (χ0n) is 17.5. The van der Waals surface area contributed by atoms with Crippen LogP contribution in [0.25, 0.3) is 0 Å². The van der Waals surface area contributed by atoms with E-state index in [0.717, 1.165) is 63.8 Å². The first kappa shape index (κ1) is 19.9. The molecule has 0 amide bonds. The highest BCUT2D eigenvalue weighted by atomic mass is 16.5. The number of hydrogen-bond donors (Lipinski definition) is 1. The lowest BCUT2D eigenvalue weighted by Gasteiger charge is -2.35. The van der Waals surface area contributed by atoms with Crippen LogP contribution in [0.4, 0.5) is 0 Å². The number of guanidine groups is 1. The fraction of sp³-hybridized carbons (Fsp3) is 0.545. The van der Waals surface area contributed by atoms with Gasteiger partial charge in [-0.1, -0.05) is 24.3 Å². The van der Waals surface area contributed by atoms with E-state index in [-0.39, 0.29) is 6.10 Å². The molecule has 4 rings (SSSR count). The minimum atomic E-state index is 0.0416. The predicted molar refractivity (Wildman–Crippen MR) is 115 cm³/mol. The Morgan fingerprint density at radius 3 is 2.93 bits per heavy atom. The zero-order valence-corrected chi connectivity index (χ0v) is 17.5. The second-order valence-electron chi connectivity index (χ2n) is 7.78. The van der Waals surface area contributed by atoms with E-state index in [4.69, 9.17) is 9.73 Å². The fourth-order valence-electron chi connectivity index (χ4n) is 4.12. The van der Waals surface area contributed by atoms with Gasteiger partial charge >= 0.3 is 0 Å². The van der Waals surface area contributed by atoms with E-state index in [9.17, 15) is 0 Å². The van der Waals surface area contributed by atoms with Crippen molar-refractivity contribution in [2.24, 2.45) is 12.0 Å². The number of aryl methyl sites for hydroxylation is 1. The Morgan fingerprint density at radius 2 is 2.14 bits per heavy atom. The Morgan fingerprint density at radius 1 is 1.28 bits per heavy atom. The van der Waals surface area contributed by atoms with Gasteiger partial charge in [0, 0.05) is 51.5 Å².